The molecule has 0 spiro atoms. The van der Waals surface area contributed by atoms with E-state index < -0.39 is 28.8 Å². The summed E-state index contributed by atoms with van der Waals surface area (Å²) in [4.78, 5) is 4.83. The van der Waals surface area contributed by atoms with Crippen LogP contribution in [0.3, 0.4) is 0 Å². The molecule has 3 aromatic rings. The summed E-state index contributed by atoms with van der Waals surface area (Å²) in [6, 6.07) is 12.0. The lowest BCUT2D eigenvalue weighted by Crippen LogP contribution is -2.39. The molecule has 35 heavy (non-hydrogen) atoms. The molecule has 0 radical (unpaired) electrons. The van der Waals surface area contributed by atoms with Gasteiger partial charge in [0.05, 0.1) is 17.3 Å². The lowest BCUT2D eigenvalue weighted by Gasteiger charge is -2.32. The van der Waals surface area contributed by atoms with Crippen molar-refractivity contribution in [2.75, 3.05) is 6.54 Å². The molecule has 0 aliphatic rings. The second-order valence-corrected chi connectivity index (χ2v) is 9.42. The van der Waals surface area contributed by atoms with Gasteiger partial charge in [0.25, 0.3) is 0 Å². The highest BCUT2D eigenvalue weighted by atomic mass is 32.2. The molecule has 0 bridgehead atoms. The molecule has 1 aromatic heterocycles. The Morgan fingerprint density at radius 2 is 1.94 bits per heavy atom. The Balaban J connectivity index is 1.84. The second-order valence-electron chi connectivity index (χ2n) is 7.53. The number of aromatic nitrogens is 1. The van der Waals surface area contributed by atoms with Gasteiger partial charge in [0.15, 0.2) is 5.41 Å². The number of alkyl halides is 1. The number of hydrogen-bond acceptors (Lipinski definition) is 6. The van der Waals surface area contributed by atoms with Crippen LogP contribution in [0.1, 0.15) is 28.3 Å². The first-order valence-electron chi connectivity index (χ1n) is 10.1. The summed E-state index contributed by atoms with van der Waals surface area (Å²) in [7, 11) is 2.03. The van der Waals surface area contributed by atoms with E-state index in [4.69, 9.17) is 16.9 Å². The van der Waals surface area contributed by atoms with Crippen LogP contribution in [0.25, 0.3) is 0 Å². The van der Waals surface area contributed by atoms with Gasteiger partial charge in [-0.15, -0.1) is 11.8 Å². The quantitative estimate of drug-likeness (QED) is 0.0818. The third-order valence-electron chi connectivity index (χ3n) is 5.16. The van der Waals surface area contributed by atoms with E-state index in [1.165, 1.54) is 36.2 Å². The van der Waals surface area contributed by atoms with Gasteiger partial charge in [0, 0.05) is 35.4 Å². The summed E-state index contributed by atoms with van der Waals surface area (Å²) in [5, 5.41) is 10.8. The number of halogens is 4. The van der Waals surface area contributed by atoms with Crippen molar-refractivity contribution >= 4 is 27.3 Å². The molecule has 0 fully saturated rings. The Morgan fingerprint density at radius 1 is 1.17 bits per heavy atom. The maximum atomic E-state index is 16.2. The third-order valence-corrected chi connectivity index (χ3v) is 6.89. The minimum absolute atomic E-state index is 0.0387. The van der Waals surface area contributed by atoms with E-state index in [0.29, 0.717) is 16.5 Å². The fraction of sp³-hybridized carbons (Fsp3) is 0.174. The van der Waals surface area contributed by atoms with Crippen LogP contribution in [0.5, 0.6) is 0 Å². The van der Waals surface area contributed by atoms with Crippen molar-refractivity contribution in [1.82, 2.24) is 9.99 Å². The average Bonchev–Trinajstić information content (AvgIpc) is 2.82. The molecule has 1 heterocycles. The number of hydrazine groups is 1. The normalized spacial score (nSPS) is 13.9. The number of rotatable bonds is 9. The van der Waals surface area contributed by atoms with Gasteiger partial charge in [-0.3, -0.25) is 9.99 Å². The molecular formula is C23H21F4N6PS. The summed E-state index contributed by atoms with van der Waals surface area (Å²) in [6.07, 6.45) is 2.46. The number of nitriles is 1. The Labute approximate surface area is 206 Å². The summed E-state index contributed by atoms with van der Waals surface area (Å²) >= 11 is 1.27. The molecular weight excluding hydrogens is 499 g/mol. The highest BCUT2D eigenvalue weighted by Crippen LogP contribution is 2.46. The number of benzene rings is 2. The average molecular weight is 520 g/mol. The molecule has 3 unspecified atom stereocenters. The summed E-state index contributed by atoms with van der Waals surface area (Å²) in [5.41, 5.74) is 0.480. The third kappa shape index (κ3) is 6.48. The van der Waals surface area contributed by atoms with Gasteiger partial charge < -0.3 is 5.84 Å². The Bertz CT molecular complexity index is 1250. The number of nitrogens with zero attached hydrogens (tertiary/aromatic N) is 4. The van der Waals surface area contributed by atoms with E-state index in [-0.39, 0.29) is 29.1 Å². The first kappa shape index (κ1) is 26.4. The first-order valence-corrected chi connectivity index (χ1v) is 11.7. The van der Waals surface area contributed by atoms with Crippen molar-refractivity contribution in [1.29, 1.82) is 5.26 Å². The van der Waals surface area contributed by atoms with Crippen molar-refractivity contribution in [2.24, 2.45) is 16.8 Å². The molecule has 2 aromatic carbocycles. The summed E-state index contributed by atoms with van der Waals surface area (Å²) in [6.45, 7) is -0.251. The largest absolute Gasteiger partial charge is 0.322 e. The highest BCUT2D eigenvalue weighted by molar-refractivity contribution is 7.98. The van der Waals surface area contributed by atoms with E-state index in [1.54, 1.807) is 6.07 Å². The lowest BCUT2D eigenvalue weighted by atomic mass is 9.90. The molecule has 0 saturated heterocycles. The molecule has 6 nitrogen and oxygen atoms in total. The predicted molar refractivity (Wildman–Crippen MR) is 130 cm³/mol. The zero-order valence-electron chi connectivity index (χ0n) is 18.2. The maximum absolute atomic E-state index is 16.2. The van der Waals surface area contributed by atoms with Gasteiger partial charge >= 0.3 is 0 Å². The van der Waals surface area contributed by atoms with Crippen LogP contribution >= 0.6 is 21.0 Å². The van der Waals surface area contributed by atoms with Crippen molar-refractivity contribution in [3.05, 3.63) is 94.6 Å². The topological polar surface area (TPSA) is 104 Å². The summed E-state index contributed by atoms with van der Waals surface area (Å²) in [5.74, 6) is 7.69. The molecule has 0 amide bonds. The van der Waals surface area contributed by atoms with E-state index >= 15 is 4.39 Å². The fourth-order valence-corrected chi connectivity index (χ4v) is 4.65. The molecule has 12 heteroatoms. The zero-order chi connectivity index (χ0) is 25.6. The molecule has 4 N–H and O–H groups in total. The molecule has 3 rings (SSSR count). The minimum Gasteiger partial charge on any atom is -0.322 e. The smallest absolute Gasteiger partial charge is 0.173 e. The van der Waals surface area contributed by atoms with Crippen LogP contribution in [-0.4, -0.2) is 22.9 Å². The maximum Gasteiger partial charge on any atom is 0.173 e. The molecule has 0 aliphatic carbocycles. The first-order chi connectivity index (χ1) is 16.6. The SMILES string of the molecule is N#Cc1ccc(CSc2ccc(C(F)(P)C(CN(N)/C=N\N)c3ccc(F)cc3F)nc2)c(F)c1. The van der Waals surface area contributed by atoms with Crippen molar-refractivity contribution < 1.29 is 17.6 Å². The minimum atomic E-state index is -2.30. The van der Waals surface area contributed by atoms with E-state index in [9.17, 15) is 13.2 Å². The Hall–Kier alpha value is -3.19. The van der Waals surface area contributed by atoms with Crippen molar-refractivity contribution in [3.8, 4) is 6.07 Å². The number of nitrogens with two attached hydrogens (primary N) is 2. The van der Waals surface area contributed by atoms with Crippen molar-refractivity contribution in [2.45, 2.75) is 22.0 Å². The predicted octanol–water partition coefficient (Wildman–Crippen LogP) is 4.52. The van der Waals surface area contributed by atoms with Crippen LogP contribution in [-0.2, 0) is 11.2 Å². The second kappa shape index (κ2) is 11.5. The van der Waals surface area contributed by atoms with Gasteiger partial charge in [0.1, 0.15) is 23.8 Å². The van der Waals surface area contributed by atoms with Crippen LogP contribution in [0, 0.1) is 28.8 Å². The summed E-state index contributed by atoms with van der Waals surface area (Å²) < 4.78 is 58.3. The standard InChI is InChI=1S/C23H21F4N6PS/c24-16-3-5-18(21(26)8-16)19(11-33(30)13-32-29)23(27,34)22-6-4-17(10-31-22)35-12-15-2-1-14(9-28)7-20(15)25/h1-8,10,13,19H,11-12,29-30,34H2/b32-13-. The van der Waals surface area contributed by atoms with Crippen LogP contribution in [0.15, 0.2) is 64.7 Å². The van der Waals surface area contributed by atoms with Gasteiger partial charge in [-0.2, -0.15) is 10.4 Å². The van der Waals surface area contributed by atoms with E-state index in [1.807, 2.05) is 15.3 Å². The zero-order valence-corrected chi connectivity index (χ0v) is 20.2. The molecule has 182 valence electrons. The Morgan fingerprint density at radius 3 is 2.54 bits per heavy atom. The van der Waals surface area contributed by atoms with Gasteiger partial charge in [-0.1, -0.05) is 21.4 Å². The van der Waals surface area contributed by atoms with Gasteiger partial charge in [-0.05, 0) is 41.5 Å². The number of hydrogen-bond donors (Lipinski definition) is 2. The van der Waals surface area contributed by atoms with Gasteiger partial charge in [0.2, 0.25) is 0 Å². The van der Waals surface area contributed by atoms with E-state index in [0.717, 1.165) is 29.5 Å². The molecule has 0 aliphatic heterocycles. The fourth-order valence-electron chi connectivity index (χ4n) is 3.35. The lowest BCUT2D eigenvalue weighted by molar-refractivity contribution is 0.202. The van der Waals surface area contributed by atoms with E-state index in [2.05, 4.69) is 10.1 Å². The number of pyridine rings is 1. The van der Waals surface area contributed by atoms with Crippen LogP contribution in [0.4, 0.5) is 17.6 Å². The van der Waals surface area contributed by atoms with Crippen molar-refractivity contribution in [3.63, 3.8) is 0 Å². The highest BCUT2D eigenvalue weighted by Gasteiger charge is 2.41. The monoisotopic (exact) mass is 520 g/mol. The molecule has 0 saturated carbocycles. The molecule has 3 atom stereocenters. The van der Waals surface area contributed by atoms with Gasteiger partial charge in [-0.25, -0.2) is 23.4 Å². The Kier molecular flexibility index (Phi) is 8.67. The van der Waals surface area contributed by atoms with Crippen LogP contribution in [0.2, 0.25) is 0 Å². The van der Waals surface area contributed by atoms with Crippen LogP contribution < -0.4 is 11.7 Å². The number of thioether (sulfide) groups is 1. The number of hydrazone groups is 1.